The topological polar surface area (TPSA) is 117 Å². The molecule has 1 aliphatic carbocycles. The molecule has 2 saturated heterocycles. The maximum Gasteiger partial charge on any atom is 0.280 e. The summed E-state index contributed by atoms with van der Waals surface area (Å²) >= 11 is 1.00. The van der Waals surface area contributed by atoms with E-state index in [-0.39, 0.29) is 29.5 Å². The zero-order chi connectivity index (χ0) is 26.5. The quantitative estimate of drug-likeness (QED) is 0.520. The number of hydrogen-bond donors (Lipinski definition) is 3. The molecule has 3 fully saturated rings. The first-order valence-corrected chi connectivity index (χ1v) is 13.3. The summed E-state index contributed by atoms with van der Waals surface area (Å²) in [6, 6.07) is 0.609. The van der Waals surface area contributed by atoms with E-state index in [0.717, 1.165) is 41.1 Å². The summed E-state index contributed by atoms with van der Waals surface area (Å²) in [6.07, 6.45) is 3.63. The number of rotatable bonds is 6. The summed E-state index contributed by atoms with van der Waals surface area (Å²) in [6.45, 7) is 5.17. The molecule has 3 aliphatic rings. The number of thiazole rings is 1. The van der Waals surface area contributed by atoms with E-state index in [1.54, 1.807) is 13.1 Å². The third-order valence-corrected chi connectivity index (χ3v) is 8.51. The van der Waals surface area contributed by atoms with Crippen molar-refractivity contribution < 1.29 is 28.2 Å². The van der Waals surface area contributed by atoms with E-state index in [1.807, 2.05) is 13.0 Å². The predicted molar refractivity (Wildman–Crippen MR) is 134 cm³/mol. The van der Waals surface area contributed by atoms with Crippen molar-refractivity contribution in [2.24, 2.45) is 0 Å². The van der Waals surface area contributed by atoms with Gasteiger partial charge in [-0.3, -0.25) is 9.59 Å². The van der Waals surface area contributed by atoms with Crippen molar-refractivity contribution in [3.05, 3.63) is 28.5 Å². The maximum absolute atomic E-state index is 14.1. The maximum atomic E-state index is 14.1. The highest BCUT2D eigenvalue weighted by molar-refractivity contribution is 7.17. The van der Waals surface area contributed by atoms with Crippen LogP contribution < -0.4 is 10.6 Å². The van der Waals surface area contributed by atoms with Gasteiger partial charge in [-0.15, -0.1) is 11.3 Å². The lowest BCUT2D eigenvalue weighted by Gasteiger charge is -2.39. The van der Waals surface area contributed by atoms with Crippen molar-refractivity contribution in [1.29, 1.82) is 0 Å². The lowest BCUT2D eigenvalue weighted by molar-refractivity contribution is 0.0118. The van der Waals surface area contributed by atoms with Crippen molar-refractivity contribution in [3.8, 4) is 10.4 Å². The monoisotopic (exact) mass is 535 g/mol. The second-order valence-electron chi connectivity index (χ2n) is 10.6. The van der Waals surface area contributed by atoms with Gasteiger partial charge < -0.3 is 25.4 Å². The summed E-state index contributed by atoms with van der Waals surface area (Å²) in [4.78, 5) is 36.9. The smallest absolute Gasteiger partial charge is 0.280 e. The fourth-order valence-corrected chi connectivity index (χ4v) is 6.11. The van der Waals surface area contributed by atoms with Gasteiger partial charge in [0.2, 0.25) is 0 Å². The Labute approximate surface area is 217 Å². The van der Waals surface area contributed by atoms with Gasteiger partial charge in [0.05, 0.1) is 36.8 Å². The van der Waals surface area contributed by atoms with E-state index in [4.69, 9.17) is 4.74 Å². The van der Waals surface area contributed by atoms with Crippen molar-refractivity contribution in [3.63, 3.8) is 0 Å². The molecule has 0 bridgehead atoms. The Morgan fingerprint density at radius 3 is 2.62 bits per heavy atom. The lowest BCUT2D eigenvalue weighted by atomic mass is 9.78. The number of aromatic nitrogens is 2. The summed E-state index contributed by atoms with van der Waals surface area (Å²) in [7, 11) is 0. The Kier molecular flexibility index (Phi) is 6.70. The van der Waals surface area contributed by atoms with Crippen molar-refractivity contribution >= 4 is 29.0 Å². The van der Waals surface area contributed by atoms with Gasteiger partial charge in [-0.05, 0) is 51.7 Å². The van der Waals surface area contributed by atoms with Crippen LogP contribution in [0.1, 0.15) is 65.4 Å². The molecule has 2 aromatic rings. The fraction of sp³-hybridized carbons (Fsp3) is 0.600. The molecular weight excluding hydrogens is 504 g/mol. The molecule has 0 aromatic carbocycles. The van der Waals surface area contributed by atoms with E-state index in [0.29, 0.717) is 16.3 Å². The molecule has 12 heteroatoms. The number of halogens is 2. The summed E-state index contributed by atoms with van der Waals surface area (Å²) in [5, 5.41) is 16.1. The Morgan fingerprint density at radius 1 is 1.30 bits per heavy atom. The van der Waals surface area contributed by atoms with Crippen LogP contribution in [0.3, 0.4) is 0 Å². The third kappa shape index (κ3) is 5.19. The molecule has 3 N–H and O–H groups in total. The second kappa shape index (κ2) is 9.55. The molecule has 5 rings (SSSR count). The van der Waals surface area contributed by atoms with Crippen LogP contribution in [0.2, 0.25) is 0 Å². The zero-order valence-electron chi connectivity index (χ0n) is 21.0. The molecule has 2 amide bonds. The SMILES string of the molecule is Cc1cc(NC2(C)CCC2)ncc1-c1sc(C(=O)N[C@H]2COC[C@@H]2O)nc1C(=O)N1CC(F)(F)C[C@@H]1C. The number of alkyl halides is 2. The number of nitrogens with one attached hydrogen (secondary N) is 2. The number of anilines is 1. The number of carbonyl (C=O) groups is 2. The molecule has 37 heavy (non-hydrogen) atoms. The number of ether oxygens (including phenoxy) is 1. The fourth-order valence-electron chi connectivity index (χ4n) is 5.08. The molecular formula is C25H31F2N5O4S. The molecule has 3 atom stereocenters. The zero-order valence-corrected chi connectivity index (χ0v) is 21.8. The molecule has 2 aliphatic heterocycles. The molecule has 1 saturated carbocycles. The van der Waals surface area contributed by atoms with Gasteiger partial charge in [0.1, 0.15) is 11.5 Å². The highest BCUT2D eigenvalue weighted by Gasteiger charge is 2.46. The van der Waals surface area contributed by atoms with Crippen molar-refractivity contribution in [1.82, 2.24) is 20.2 Å². The number of aliphatic hydroxyl groups is 1. The minimum atomic E-state index is -2.98. The Balaban J connectivity index is 1.48. The number of pyridine rings is 1. The number of likely N-dealkylation sites (tertiary alicyclic amines) is 1. The van der Waals surface area contributed by atoms with E-state index >= 15 is 0 Å². The number of nitrogens with zero attached hydrogens (tertiary/aromatic N) is 3. The third-order valence-electron chi connectivity index (χ3n) is 7.42. The van der Waals surface area contributed by atoms with Gasteiger partial charge in [-0.1, -0.05) is 0 Å². The highest BCUT2D eigenvalue weighted by atomic mass is 32.1. The van der Waals surface area contributed by atoms with Gasteiger partial charge in [0.25, 0.3) is 17.7 Å². The lowest BCUT2D eigenvalue weighted by Crippen LogP contribution is -2.42. The minimum absolute atomic E-state index is 0.000333. The Morgan fingerprint density at radius 2 is 2.05 bits per heavy atom. The van der Waals surface area contributed by atoms with Crippen LogP contribution in [0, 0.1) is 6.92 Å². The minimum Gasteiger partial charge on any atom is -0.388 e. The van der Waals surface area contributed by atoms with Crippen LogP contribution in [-0.4, -0.2) is 81.2 Å². The van der Waals surface area contributed by atoms with Gasteiger partial charge in [-0.2, -0.15) is 0 Å². The average Bonchev–Trinajstić information content (AvgIpc) is 3.49. The van der Waals surface area contributed by atoms with Gasteiger partial charge >= 0.3 is 0 Å². The van der Waals surface area contributed by atoms with Gasteiger partial charge in [-0.25, -0.2) is 18.7 Å². The Bertz CT molecular complexity index is 1220. The molecule has 2 aromatic heterocycles. The first-order valence-electron chi connectivity index (χ1n) is 12.5. The molecule has 0 spiro atoms. The van der Waals surface area contributed by atoms with E-state index < -0.39 is 48.9 Å². The number of aryl methyl sites for hydroxylation is 1. The summed E-state index contributed by atoms with van der Waals surface area (Å²) in [5.41, 5.74) is 1.36. The normalized spacial score (nSPS) is 26.1. The van der Waals surface area contributed by atoms with Crippen molar-refractivity contribution in [2.45, 2.75) is 76.1 Å². The van der Waals surface area contributed by atoms with Gasteiger partial charge in [0.15, 0.2) is 5.01 Å². The van der Waals surface area contributed by atoms with Crippen LogP contribution in [0.5, 0.6) is 0 Å². The predicted octanol–water partition coefficient (Wildman–Crippen LogP) is 3.23. The number of aliphatic hydroxyl groups excluding tert-OH is 1. The van der Waals surface area contributed by atoms with Crippen LogP contribution in [0.15, 0.2) is 12.3 Å². The molecule has 9 nitrogen and oxygen atoms in total. The largest absolute Gasteiger partial charge is 0.388 e. The summed E-state index contributed by atoms with van der Waals surface area (Å²) in [5.74, 6) is -3.49. The van der Waals surface area contributed by atoms with Crippen LogP contribution in [0.25, 0.3) is 10.4 Å². The van der Waals surface area contributed by atoms with Crippen LogP contribution >= 0.6 is 11.3 Å². The highest BCUT2D eigenvalue weighted by Crippen LogP contribution is 2.39. The van der Waals surface area contributed by atoms with E-state index in [9.17, 15) is 23.5 Å². The van der Waals surface area contributed by atoms with Crippen LogP contribution in [0.4, 0.5) is 14.6 Å². The van der Waals surface area contributed by atoms with E-state index in [1.165, 1.54) is 0 Å². The van der Waals surface area contributed by atoms with Gasteiger partial charge in [0, 0.05) is 29.8 Å². The molecule has 200 valence electrons. The first-order chi connectivity index (χ1) is 17.4. The molecule has 0 radical (unpaired) electrons. The summed E-state index contributed by atoms with van der Waals surface area (Å²) < 4.78 is 33.4. The van der Waals surface area contributed by atoms with Crippen molar-refractivity contribution in [2.75, 3.05) is 25.1 Å². The van der Waals surface area contributed by atoms with E-state index in [2.05, 4.69) is 27.5 Å². The number of hydrogen-bond acceptors (Lipinski definition) is 8. The molecule has 4 heterocycles. The van der Waals surface area contributed by atoms with Crippen LogP contribution in [-0.2, 0) is 4.74 Å². The Hall–Kier alpha value is -2.70. The average molecular weight is 536 g/mol. The second-order valence-corrected chi connectivity index (χ2v) is 11.6. The molecule has 0 unspecified atom stereocenters. The standard InChI is InChI=1S/C25H31F2N5O4S/c1-13-7-18(31-24(3)5-4-6-24)28-9-15(13)20-19(23(35)32-12-25(26,27)8-14(32)2)30-22(37-20)21(34)29-16-10-36-11-17(16)33/h7,9,14,16-17,33H,4-6,8,10-12H2,1-3H3,(H,28,31)(H,29,34)/t14-,16-,17-/m0/s1. The first kappa shape index (κ1) is 25.9. The number of carbonyl (C=O) groups excluding carboxylic acids is 2. The number of amides is 2.